The van der Waals surface area contributed by atoms with Gasteiger partial charge in [-0.3, -0.25) is 9.79 Å². The van der Waals surface area contributed by atoms with E-state index >= 15 is 0 Å². The van der Waals surface area contributed by atoms with Gasteiger partial charge in [0.15, 0.2) is 5.96 Å². The maximum Gasteiger partial charge on any atom is 0.390 e. The summed E-state index contributed by atoms with van der Waals surface area (Å²) in [5, 5.41) is 8.06. The lowest BCUT2D eigenvalue weighted by atomic mass is 10.3. The fourth-order valence-electron chi connectivity index (χ4n) is 1.75. The van der Waals surface area contributed by atoms with Gasteiger partial charge in [-0.1, -0.05) is 6.07 Å². The van der Waals surface area contributed by atoms with Crippen LogP contribution in [0.5, 0.6) is 5.75 Å². The number of carbonyl (C=O) groups excluding carboxylic acids is 1. The molecular weight excluding hydrogens is 325 g/mol. The van der Waals surface area contributed by atoms with Crippen molar-refractivity contribution >= 4 is 17.6 Å². The third-order valence-corrected chi connectivity index (χ3v) is 2.74. The van der Waals surface area contributed by atoms with Crippen molar-refractivity contribution in [3.63, 3.8) is 0 Å². The van der Waals surface area contributed by atoms with Gasteiger partial charge in [0, 0.05) is 32.3 Å². The number of nitrogens with zero attached hydrogens (tertiary/aromatic N) is 1. The molecule has 1 rings (SSSR count). The van der Waals surface area contributed by atoms with E-state index in [0.29, 0.717) is 18.0 Å². The molecule has 1 aromatic rings. The van der Waals surface area contributed by atoms with Gasteiger partial charge in [0.1, 0.15) is 12.4 Å². The molecule has 134 valence electrons. The van der Waals surface area contributed by atoms with E-state index in [0.717, 1.165) is 0 Å². The molecule has 0 radical (unpaired) electrons. The predicted molar refractivity (Wildman–Crippen MR) is 86.3 cm³/mol. The fourth-order valence-corrected chi connectivity index (χ4v) is 1.75. The van der Waals surface area contributed by atoms with Crippen molar-refractivity contribution in [3.05, 3.63) is 24.3 Å². The van der Waals surface area contributed by atoms with E-state index in [9.17, 15) is 18.0 Å². The largest absolute Gasteiger partial charge is 0.492 e. The van der Waals surface area contributed by atoms with Crippen molar-refractivity contribution in [2.75, 3.05) is 32.1 Å². The third kappa shape index (κ3) is 8.86. The van der Waals surface area contributed by atoms with Crippen molar-refractivity contribution in [3.8, 4) is 5.75 Å². The third-order valence-electron chi connectivity index (χ3n) is 2.74. The van der Waals surface area contributed by atoms with Crippen LogP contribution in [-0.2, 0) is 4.79 Å². The lowest BCUT2D eigenvalue weighted by Gasteiger charge is -2.13. The molecule has 6 nitrogen and oxygen atoms in total. The number of benzene rings is 1. The quantitative estimate of drug-likeness (QED) is 0.402. The summed E-state index contributed by atoms with van der Waals surface area (Å²) < 4.78 is 41.7. The first-order valence-electron chi connectivity index (χ1n) is 7.32. The van der Waals surface area contributed by atoms with Gasteiger partial charge in [0.25, 0.3) is 0 Å². The first-order valence-corrected chi connectivity index (χ1v) is 7.32. The first kappa shape index (κ1) is 19.6. The predicted octanol–water partition coefficient (Wildman–Crippen LogP) is 2.14. The van der Waals surface area contributed by atoms with Gasteiger partial charge in [-0.25, -0.2) is 0 Å². The van der Waals surface area contributed by atoms with Crippen molar-refractivity contribution in [2.45, 2.75) is 19.5 Å². The molecule has 0 aliphatic heterocycles. The van der Waals surface area contributed by atoms with E-state index in [4.69, 9.17) is 4.74 Å². The van der Waals surface area contributed by atoms with Crippen LogP contribution >= 0.6 is 0 Å². The number of aliphatic imine (C=N–C) groups is 1. The number of carbonyl (C=O) groups is 1. The number of hydrogen-bond donors (Lipinski definition) is 3. The molecule has 0 saturated heterocycles. The van der Waals surface area contributed by atoms with E-state index in [1.54, 1.807) is 24.3 Å². The summed E-state index contributed by atoms with van der Waals surface area (Å²) in [6, 6.07) is 6.89. The van der Waals surface area contributed by atoms with Crippen LogP contribution < -0.4 is 20.7 Å². The summed E-state index contributed by atoms with van der Waals surface area (Å²) in [5.41, 5.74) is 0.623. The Balaban J connectivity index is 2.30. The molecular formula is C15H21F3N4O2. The summed E-state index contributed by atoms with van der Waals surface area (Å²) >= 11 is 0. The van der Waals surface area contributed by atoms with Gasteiger partial charge < -0.3 is 20.7 Å². The SMILES string of the molecule is CN=C(NCCOc1cccc(NC(C)=O)c1)NCCC(F)(F)F. The number of guanidine groups is 1. The summed E-state index contributed by atoms with van der Waals surface area (Å²) in [6.45, 7) is 1.80. The van der Waals surface area contributed by atoms with E-state index in [2.05, 4.69) is 20.9 Å². The van der Waals surface area contributed by atoms with E-state index in [1.165, 1.54) is 14.0 Å². The molecule has 0 unspecified atom stereocenters. The molecule has 0 fully saturated rings. The minimum atomic E-state index is -4.20. The number of anilines is 1. The van der Waals surface area contributed by atoms with E-state index < -0.39 is 12.6 Å². The highest BCUT2D eigenvalue weighted by molar-refractivity contribution is 5.88. The number of halogens is 3. The molecule has 0 aliphatic carbocycles. The van der Waals surface area contributed by atoms with Crippen LogP contribution in [0.3, 0.4) is 0 Å². The van der Waals surface area contributed by atoms with Gasteiger partial charge >= 0.3 is 6.18 Å². The first-order chi connectivity index (χ1) is 11.3. The van der Waals surface area contributed by atoms with Crippen LogP contribution in [0.15, 0.2) is 29.3 Å². The number of hydrogen-bond acceptors (Lipinski definition) is 3. The van der Waals surface area contributed by atoms with Gasteiger partial charge in [-0.05, 0) is 12.1 Å². The smallest absolute Gasteiger partial charge is 0.390 e. The van der Waals surface area contributed by atoms with Gasteiger partial charge in [-0.2, -0.15) is 13.2 Å². The Kier molecular flexibility index (Phi) is 7.87. The lowest BCUT2D eigenvalue weighted by Crippen LogP contribution is -2.40. The van der Waals surface area contributed by atoms with Gasteiger partial charge in [0.2, 0.25) is 5.91 Å². The minimum absolute atomic E-state index is 0.178. The molecule has 1 aromatic carbocycles. The fraction of sp³-hybridized carbons (Fsp3) is 0.467. The monoisotopic (exact) mass is 346 g/mol. The molecule has 0 atom stereocenters. The Bertz CT molecular complexity index is 562. The van der Waals surface area contributed by atoms with Crippen molar-refractivity contribution < 1.29 is 22.7 Å². The lowest BCUT2D eigenvalue weighted by molar-refractivity contribution is -0.132. The zero-order chi connectivity index (χ0) is 18.0. The second kappa shape index (κ2) is 9.64. The normalized spacial score (nSPS) is 11.8. The average molecular weight is 346 g/mol. The molecule has 0 saturated carbocycles. The summed E-state index contributed by atoms with van der Waals surface area (Å²) in [5.74, 6) is 0.667. The summed E-state index contributed by atoms with van der Waals surface area (Å²) in [7, 11) is 1.47. The Morgan fingerprint density at radius 1 is 1.25 bits per heavy atom. The topological polar surface area (TPSA) is 74.8 Å². The minimum Gasteiger partial charge on any atom is -0.492 e. The number of rotatable bonds is 7. The molecule has 0 heterocycles. The Hall–Kier alpha value is -2.45. The maximum absolute atomic E-state index is 12.1. The Morgan fingerprint density at radius 2 is 1.96 bits per heavy atom. The van der Waals surface area contributed by atoms with Crippen LogP contribution in [0.25, 0.3) is 0 Å². The molecule has 0 aromatic heterocycles. The van der Waals surface area contributed by atoms with E-state index in [-0.39, 0.29) is 25.0 Å². The van der Waals surface area contributed by atoms with Crippen molar-refractivity contribution in [1.82, 2.24) is 10.6 Å². The summed E-state index contributed by atoms with van der Waals surface area (Å²) in [6.07, 6.45) is -5.13. The Morgan fingerprint density at radius 3 is 2.58 bits per heavy atom. The molecule has 24 heavy (non-hydrogen) atoms. The average Bonchev–Trinajstić information content (AvgIpc) is 2.48. The highest BCUT2D eigenvalue weighted by Gasteiger charge is 2.26. The standard InChI is InChI=1S/C15H21F3N4O2/c1-11(23)22-12-4-3-5-13(10-12)24-9-8-21-14(19-2)20-7-6-15(16,17)18/h3-5,10H,6-9H2,1-2H3,(H,22,23)(H2,19,20,21). The molecule has 9 heteroatoms. The van der Waals surface area contributed by atoms with Gasteiger partial charge in [0.05, 0.1) is 13.0 Å². The van der Waals surface area contributed by atoms with Crippen LogP contribution in [0, 0.1) is 0 Å². The van der Waals surface area contributed by atoms with E-state index in [1.807, 2.05) is 0 Å². The van der Waals surface area contributed by atoms with Crippen LogP contribution in [0.1, 0.15) is 13.3 Å². The number of amides is 1. The highest BCUT2D eigenvalue weighted by Crippen LogP contribution is 2.18. The number of ether oxygens (including phenoxy) is 1. The molecule has 0 spiro atoms. The molecule has 3 N–H and O–H groups in total. The van der Waals surface area contributed by atoms with Crippen LogP contribution in [0.2, 0.25) is 0 Å². The van der Waals surface area contributed by atoms with Crippen molar-refractivity contribution in [1.29, 1.82) is 0 Å². The van der Waals surface area contributed by atoms with Crippen molar-refractivity contribution in [2.24, 2.45) is 4.99 Å². The maximum atomic E-state index is 12.1. The van der Waals surface area contributed by atoms with Crippen LogP contribution in [-0.4, -0.2) is 44.8 Å². The van der Waals surface area contributed by atoms with Crippen LogP contribution in [0.4, 0.5) is 18.9 Å². The zero-order valence-corrected chi connectivity index (χ0v) is 13.5. The second-order valence-electron chi connectivity index (χ2n) is 4.85. The molecule has 1 amide bonds. The number of nitrogens with one attached hydrogen (secondary N) is 3. The Labute approximate surface area is 138 Å². The van der Waals surface area contributed by atoms with Gasteiger partial charge in [-0.15, -0.1) is 0 Å². The zero-order valence-electron chi connectivity index (χ0n) is 13.5. The summed E-state index contributed by atoms with van der Waals surface area (Å²) in [4.78, 5) is 14.8. The number of alkyl halides is 3. The molecule has 0 aliphatic rings. The molecule has 0 bridgehead atoms. The second-order valence-corrected chi connectivity index (χ2v) is 4.85. The highest BCUT2D eigenvalue weighted by atomic mass is 19.4.